The molecule has 0 aliphatic heterocycles. The molecular weight excluding hydrogens is 269 g/mol. The zero-order valence-electron chi connectivity index (χ0n) is 9.90. The predicted octanol–water partition coefficient (Wildman–Crippen LogP) is 3.80. The van der Waals surface area contributed by atoms with Gasteiger partial charge in [-0.3, -0.25) is 4.79 Å². The maximum absolute atomic E-state index is 13.4. The molecule has 0 aliphatic rings. The normalized spacial score (nSPS) is 10.0. The number of rotatable bonds is 4. The van der Waals surface area contributed by atoms with Crippen LogP contribution in [0, 0.1) is 5.82 Å². The molecule has 0 atom stereocenters. The van der Waals surface area contributed by atoms with Crippen LogP contribution in [0.2, 0.25) is 0 Å². The van der Waals surface area contributed by atoms with Crippen LogP contribution in [0.4, 0.5) is 10.1 Å². The minimum atomic E-state index is -0.429. The molecule has 19 heavy (non-hydrogen) atoms. The van der Waals surface area contributed by atoms with E-state index in [1.165, 1.54) is 6.07 Å². The van der Waals surface area contributed by atoms with E-state index in [1.54, 1.807) is 42.5 Å². The van der Waals surface area contributed by atoms with Crippen LogP contribution in [0.1, 0.15) is 0 Å². The molecule has 3 nitrogen and oxygen atoms in total. The fourth-order valence-electron chi connectivity index (χ4n) is 1.46. The van der Waals surface area contributed by atoms with Crippen molar-refractivity contribution in [3.05, 3.63) is 54.3 Å². The van der Waals surface area contributed by atoms with E-state index < -0.39 is 5.82 Å². The molecule has 98 valence electrons. The van der Waals surface area contributed by atoms with Crippen molar-refractivity contribution >= 4 is 23.2 Å². The van der Waals surface area contributed by atoms with E-state index in [4.69, 9.17) is 16.3 Å². The van der Waals surface area contributed by atoms with E-state index in [1.807, 2.05) is 0 Å². The first-order chi connectivity index (χ1) is 9.19. The molecule has 1 amide bonds. The predicted molar refractivity (Wildman–Crippen MR) is 72.3 cm³/mol. The highest BCUT2D eigenvalue weighted by molar-refractivity contribution is 6.29. The first-order valence-electron chi connectivity index (χ1n) is 5.57. The van der Waals surface area contributed by atoms with Crippen molar-refractivity contribution in [3.8, 4) is 11.5 Å². The minimum absolute atomic E-state index is 0.104. The highest BCUT2D eigenvalue weighted by Gasteiger charge is 2.04. The van der Waals surface area contributed by atoms with Gasteiger partial charge in [-0.05, 0) is 36.4 Å². The van der Waals surface area contributed by atoms with Crippen molar-refractivity contribution in [3.63, 3.8) is 0 Å². The maximum atomic E-state index is 13.4. The van der Waals surface area contributed by atoms with Crippen molar-refractivity contribution < 1.29 is 13.9 Å². The zero-order valence-corrected chi connectivity index (χ0v) is 10.7. The van der Waals surface area contributed by atoms with Crippen molar-refractivity contribution in [1.29, 1.82) is 0 Å². The van der Waals surface area contributed by atoms with Crippen molar-refractivity contribution in [2.45, 2.75) is 0 Å². The molecule has 0 bridgehead atoms. The first-order valence-corrected chi connectivity index (χ1v) is 6.11. The molecule has 5 heteroatoms. The maximum Gasteiger partial charge on any atom is 0.239 e. The van der Waals surface area contributed by atoms with Crippen LogP contribution in [-0.4, -0.2) is 11.8 Å². The van der Waals surface area contributed by atoms with E-state index in [9.17, 15) is 9.18 Å². The Balaban J connectivity index is 2.07. The van der Waals surface area contributed by atoms with Crippen LogP contribution in [0.25, 0.3) is 0 Å². The molecule has 0 saturated heterocycles. The summed E-state index contributed by atoms with van der Waals surface area (Å²) in [6, 6.07) is 12.7. The van der Waals surface area contributed by atoms with Gasteiger partial charge in [-0.1, -0.05) is 12.1 Å². The van der Waals surface area contributed by atoms with Gasteiger partial charge < -0.3 is 10.1 Å². The summed E-state index contributed by atoms with van der Waals surface area (Å²) < 4.78 is 18.8. The number of nitrogens with one attached hydrogen (secondary N) is 1. The van der Waals surface area contributed by atoms with E-state index in [-0.39, 0.29) is 17.5 Å². The molecule has 0 aromatic heterocycles. The molecule has 0 aliphatic carbocycles. The van der Waals surface area contributed by atoms with Gasteiger partial charge in [-0.2, -0.15) is 0 Å². The number of halogens is 2. The second kappa shape index (κ2) is 6.20. The van der Waals surface area contributed by atoms with Crippen LogP contribution in [0.15, 0.2) is 48.5 Å². The number of anilines is 1. The number of hydrogen-bond acceptors (Lipinski definition) is 2. The number of para-hydroxylation sites is 1. The summed E-state index contributed by atoms with van der Waals surface area (Å²) in [5.74, 6) is -0.187. The van der Waals surface area contributed by atoms with E-state index >= 15 is 0 Å². The average Bonchev–Trinajstić information content (AvgIpc) is 2.43. The van der Waals surface area contributed by atoms with E-state index in [2.05, 4.69) is 5.32 Å². The Kier molecular flexibility index (Phi) is 4.36. The summed E-state index contributed by atoms with van der Waals surface area (Å²) >= 11 is 5.38. The molecule has 0 fully saturated rings. The molecule has 0 radical (unpaired) electrons. The zero-order chi connectivity index (χ0) is 13.7. The lowest BCUT2D eigenvalue weighted by Gasteiger charge is -2.08. The number of amides is 1. The lowest BCUT2D eigenvalue weighted by Crippen LogP contribution is -2.12. The van der Waals surface area contributed by atoms with Crippen LogP contribution >= 0.6 is 11.6 Å². The molecule has 0 heterocycles. The monoisotopic (exact) mass is 279 g/mol. The van der Waals surface area contributed by atoms with Crippen molar-refractivity contribution in [1.82, 2.24) is 0 Å². The van der Waals surface area contributed by atoms with Crippen LogP contribution in [-0.2, 0) is 4.79 Å². The third kappa shape index (κ3) is 3.69. The Bertz CT molecular complexity index is 572. The molecule has 2 aromatic rings. The highest BCUT2D eigenvalue weighted by Crippen LogP contribution is 2.25. The molecule has 2 aromatic carbocycles. The Hall–Kier alpha value is -2.07. The van der Waals surface area contributed by atoms with Gasteiger partial charge in [-0.25, -0.2) is 4.39 Å². The third-order valence-electron chi connectivity index (χ3n) is 2.32. The molecule has 1 N–H and O–H groups in total. The highest BCUT2D eigenvalue weighted by atomic mass is 35.5. The number of hydrogen-bond donors (Lipinski definition) is 1. The summed E-state index contributed by atoms with van der Waals surface area (Å²) in [7, 11) is 0. The summed E-state index contributed by atoms with van der Waals surface area (Å²) in [4.78, 5) is 11.1. The molecule has 0 unspecified atom stereocenters. The number of alkyl halides is 1. The lowest BCUT2D eigenvalue weighted by molar-refractivity contribution is -0.113. The molecule has 0 spiro atoms. The van der Waals surface area contributed by atoms with Gasteiger partial charge in [0, 0.05) is 5.69 Å². The second-order valence-electron chi connectivity index (χ2n) is 3.74. The van der Waals surface area contributed by atoms with Crippen molar-refractivity contribution in [2.24, 2.45) is 0 Å². The number of carbonyl (C=O) groups excluding carboxylic acids is 1. The van der Waals surface area contributed by atoms with Gasteiger partial charge in [0.25, 0.3) is 0 Å². The number of benzene rings is 2. The van der Waals surface area contributed by atoms with Gasteiger partial charge in [-0.15, -0.1) is 11.6 Å². The van der Waals surface area contributed by atoms with Crippen LogP contribution < -0.4 is 10.1 Å². The molecular formula is C14H11ClFNO2. The lowest BCUT2D eigenvalue weighted by atomic mass is 10.3. The largest absolute Gasteiger partial charge is 0.454 e. The van der Waals surface area contributed by atoms with Gasteiger partial charge in [0.15, 0.2) is 11.6 Å². The van der Waals surface area contributed by atoms with Crippen molar-refractivity contribution in [2.75, 3.05) is 11.2 Å². The van der Waals surface area contributed by atoms with E-state index in [0.29, 0.717) is 11.4 Å². The molecule has 0 saturated carbocycles. The van der Waals surface area contributed by atoms with Gasteiger partial charge >= 0.3 is 0 Å². The Morgan fingerprint density at radius 1 is 1.16 bits per heavy atom. The second-order valence-corrected chi connectivity index (χ2v) is 4.01. The van der Waals surface area contributed by atoms with E-state index in [0.717, 1.165) is 0 Å². The third-order valence-corrected chi connectivity index (χ3v) is 2.57. The SMILES string of the molecule is O=C(CCl)Nc1ccc(Oc2ccccc2F)cc1. The summed E-state index contributed by atoms with van der Waals surface area (Å²) in [5.41, 5.74) is 0.603. The number of ether oxygens (including phenoxy) is 1. The smallest absolute Gasteiger partial charge is 0.239 e. The average molecular weight is 280 g/mol. The Morgan fingerprint density at radius 2 is 1.84 bits per heavy atom. The molecule has 2 rings (SSSR count). The van der Waals surface area contributed by atoms with Crippen LogP contribution in [0.3, 0.4) is 0 Å². The Labute approximate surface area is 115 Å². The van der Waals surface area contributed by atoms with Gasteiger partial charge in [0.05, 0.1) is 0 Å². The summed E-state index contributed by atoms with van der Waals surface area (Å²) in [6.07, 6.45) is 0. The topological polar surface area (TPSA) is 38.3 Å². The summed E-state index contributed by atoms with van der Waals surface area (Å²) in [6.45, 7) is 0. The van der Waals surface area contributed by atoms with Crippen LogP contribution in [0.5, 0.6) is 11.5 Å². The summed E-state index contributed by atoms with van der Waals surface area (Å²) in [5, 5.41) is 2.59. The van der Waals surface area contributed by atoms with Gasteiger partial charge in [0.1, 0.15) is 11.6 Å². The Morgan fingerprint density at radius 3 is 2.47 bits per heavy atom. The number of carbonyl (C=O) groups is 1. The standard InChI is InChI=1S/C14H11ClFNO2/c15-9-14(18)17-10-5-7-11(8-6-10)19-13-4-2-1-3-12(13)16/h1-8H,9H2,(H,17,18). The fourth-order valence-corrected chi connectivity index (χ4v) is 1.52. The fraction of sp³-hybridized carbons (Fsp3) is 0.0714. The van der Waals surface area contributed by atoms with Gasteiger partial charge in [0.2, 0.25) is 5.91 Å². The quantitative estimate of drug-likeness (QED) is 0.865. The first kappa shape index (κ1) is 13.4. The minimum Gasteiger partial charge on any atom is -0.454 e.